The average Bonchev–Trinajstić information content (AvgIpc) is 2.63. The summed E-state index contributed by atoms with van der Waals surface area (Å²) in [5.74, 6) is -0.0289. The van der Waals surface area contributed by atoms with E-state index in [0.29, 0.717) is 24.0 Å². The topological polar surface area (TPSA) is 49.8 Å². The van der Waals surface area contributed by atoms with Crippen molar-refractivity contribution < 1.29 is 14.6 Å². The lowest BCUT2D eigenvalue weighted by molar-refractivity contribution is -0.147. The predicted molar refractivity (Wildman–Crippen MR) is 45.2 cm³/mol. The lowest BCUT2D eigenvalue weighted by atomic mass is 9.69. The van der Waals surface area contributed by atoms with E-state index in [2.05, 4.69) is 13.8 Å². The molecule has 1 saturated heterocycles. The second kappa shape index (κ2) is 1.92. The van der Waals surface area contributed by atoms with Gasteiger partial charge < -0.3 is 9.84 Å². The quantitative estimate of drug-likeness (QED) is 0.618. The van der Waals surface area contributed by atoms with Crippen LogP contribution in [0.3, 0.4) is 0 Å². The van der Waals surface area contributed by atoms with Gasteiger partial charge in [0.25, 0.3) is 0 Å². The van der Waals surface area contributed by atoms with Gasteiger partial charge >= 0.3 is 5.97 Å². The van der Waals surface area contributed by atoms with Crippen LogP contribution in [0.2, 0.25) is 0 Å². The number of carboxylic acid groups (broad SMARTS) is 1. The summed E-state index contributed by atoms with van der Waals surface area (Å²) in [5.41, 5.74) is -0.0613. The molecule has 3 rings (SSSR count). The minimum absolute atomic E-state index is 0.0613. The Morgan fingerprint density at radius 3 is 2.69 bits per heavy atom. The molecule has 2 aliphatic carbocycles. The van der Waals surface area contributed by atoms with Crippen LogP contribution in [0.25, 0.3) is 0 Å². The van der Waals surface area contributed by atoms with Crippen LogP contribution in [0, 0.1) is 23.2 Å². The molecular weight excluding hydrogens is 168 g/mol. The SMILES string of the molecule is CC1(C)C(C(=O)O)[C@H]2C[C@@H]1[C@@H]1O[C@@H]12. The molecule has 3 heteroatoms. The third kappa shape index (κ3) is 0.725. The standard InChI is InChI=1S/C10H14O3/c1-10(2)5-3-4(6(10)9(11)12)7-8(5)13-7/h4-8H,3H2,1-2H3,(H,11,12)/t4-,5-,6?,7-,8+/m1/s1. The van der Waals surface area contributed by atoms with Gasteiger partial charge in [0, 0.05) is 5.92 Å². The van der Waals surface area contributed by atoms with Crippen molar-refractivity contribution in [3.05, 3.63) is 0 Å². The summed E-state index contributed by atoms with van der Waals surface area (Å²) >= 11 is 0. The number of ether oxygens (including phenoxy) is 1. The van der Waals surface area contributed by atoms with Crippen molar-refractivity contribution in [3.63, 3.8) is 0 Å². The van der Waals surface area contributed by atoms with Crippen LogP contribution in [0.4, 0.5) is 0 Å². The fraction of sp³-hybridized carbons (Fsp3) is 0.900. The van der Waals surface area contributed by atoms with Gasteiger partial charge in [-0.05, 0) is 17.8 Å². The highest BCUT2D eigenvalue weighted by molar-refractivity contribution is 5.73. The molecule has 0 amide bonds. The van der Waals surface area contributed by atoms with E-state index in [4.69, 9.17) is 9.84 Å². The summed E-state index contributed by atoms with van der Waals surface area (Å²) in [4.78, 5) is 11.1. The Morgan fingerprint density at radius 1 is 1.46 bits per heavy atom. The van der Waals surface area contributed by atoms with Crippen LogP contribution >= 0.6 is 0 Å². The maximum Gasteiger partial charge on any atom is 0.307 e. The molecule has 0 aromatic heterocycles. The molecule has 1 unspecified atom stereocenters. The minimum atomic E-state index is -0.633. The van der Waals surface area contributed by atoms with Crippen LogP contribution in [0.1, 0.15) is 20.3 Å². The molecule has 0 aromatic carbocycles. The number of carboxylic acids is 1. The summed E-state index contributed by atoms with van der Waals surface area (Å²) in [6.45, 7) is 4.16. The van der Waals surface area contributed by atoms with E-state index in [9.17, 15) is 4.79 Å². The molecule has 1 heterocycles. The second-order valence-electron chi connectivity index (χ2n) is 5.21. The van der Waals surface area contributed by atoms with E-state index in [1.807, 2.05) is 0 Å². The summed E-state index contributed by atoms with van der Waals surface area (Å²) in [5, 5.41) is 9.15. The normalized spacial score (nSPS) is 54.8. The van der Waals surface area contributed by atoms with E-state index >= 15 is 0 Å². The van der Waals surface area contributed by atoms with Gasteiger partial charge in [0.15, 0.2) is 0 Å². The number of rotatable bonds is 1. The van der Waals surface area contributed by atoms with Crippen molar-refractivity contribution in [1.29, 1.82) is 0 Å². The molecule has 2 saturated carbocycles. The Balaban J connectivity index is 2.00. The van der Waals surface area contributed by atoms with E-state index in [0.717, 1.165) is 6.42 Å². The Labute approximate surface area is 77.1 Å². The first-order valence-electron chi connectivity index (χ1n) is 4.91. The largest absolute Gasteiger partial charge is 0.481 e. The third-order valence-corrected chi connectivity index (χ3v) is 4.36. The zero-order valence-electron chi connectivity index (χ0n) is 7.86. The molecule has 0 aromatic rings. The first kappa shape index (κ1) is 7.80. The molecule has 5 atom stereocenters. The Bertz CT molecular complexity index is 284. The number of fused-ring (bicyclic) bond motifs is 5. The highest BCUT2D eigenvalue weighted by atomic mass is 16.6. The van der Waals surface area contributed by atoms with Crippen molar-refractivity contribution in [2.75, 3.05) is 0 Å². The van der Waals surface area contributed by atoms with Gasteiger partial charge in [-0.15, -0.1) is 0 Å². The number of aliphatic carboxylic acids is 1. The maximum absolute atomic E-state index is 11.1. The predicted octanol–water partition coefficient (Wildman–Crippen LogP) is 1.13. The van der Waals surface area contributed by atoms with Crippen LogP contribution in [-0.2, 0) is 9.53 Å². The molecule has 1 N–H and O–H groups in total. The maximum atomic E-state index is 11.1. The summed E-state index contributed by atoms with van der Waals surface area (Å²) < 4.78 is 5.49. The number of hydrogen-bond donors (Lipinski definition) is 1. The Morgan fingerprint density at radius 2 is 2.15 bits per heavy atom. The van der Waals surface area contributed by atoms with Crippen LogP contribution in [0.15, 0.2) is 0 Å². The van der Waals surface area contributed by atoms with Gasteiger partial charge in [-0.25, -0.2) is 0 Å². The van der Waals surface area contributed by atoms with Crippen LogP contribution in [0.5, 0.6) is 0 Å². The fourth-order valence-electron chi connectivity index (χ4n) is 3.70. The van der Waals surface area contributed by atoms with Crippen molar-refractivity contribution >= 4 is 5.97 Å². The van der Waals surface area contributed by atoms with E-state index in [-0.39, 0.29) is 11.3 Å². The zero-order valence-corrected chi connectivity index (χ0v) is 7.86. The first-order chi connectivity index (χ1) is 6.03. The number of epoxide rings is 1. The average molecular weight is 182 g/mol. The van der Waals surface area contributed by atoms with Gasteiger partial charge in [0.1, 0.15) is 0 Å². The molecule has 2 bridgehead atoms. The van der Waals surface area contributed by atoms with Gasteiger partial charge in [-0.1, -0.05) is 13.8 Å². The van der Waals surface area contributed by atoms with Crippen LogP contribution < -0.4 is 0 Å². The molecule has 1 aliphatic heterocycles. The molecule has 0 spiro atoms. The van der Waals surface area contributed by atoms with E-state index in [1.165, 1.54) is 0 Å². The molecule has 0 radical (unpaired) electrons. The smallest absolute Gasteiger partial charge is 0.307 e. The van der Waals surface area contributed by atoms with Gasteiger partial charge in [-0.2, -0.15) is 0 Å². The van der Waals surface area contributed by atoms with Gasteiger partial charge in [-0.3, -0.25) is 4.79 Å². The lowest BCUT2D eigenvalue weighted by Crippen LogP contribution is -2.39. The van der Waals surface area contributed by atoms with Crippen LogP contribution in [-0.4, -0.2) is 23.3 Å². The monoisotopic (exact) mass is 182 g/mol. The summed E-state index contributed by atoms with van der Waals surface area (Å²) in [7, 11) is 0. The fourth-order valence-corrected chi connectivity index (χ4v) is 3.70. The molecule has 3 aliphatic rings. The van der Waals surface area contributed by atoms with Crippen molar-refractivity contribution in [2.45, 2.75) is 32.5 Å². The molecule has 72 valence electrons. The Hall–Kier alpha value is -0.570. The third-order valence-electron chi connectivity index (χ3n) is 4.36. The number of hydrogen-bond acceptors (Lipinski definition) is 2. The van der Waals surface area contributed by atoms with Crippen molar-refractivity contribution in [1.82, 2.24) is 0 Å². The Kier molecular flexibility index (Phi) is 1.15. The molecule has 3 nitrogen and oxygen atoms in total. The van der Waals surface area contributed by atoms with Gasteiger partial charge in [0.2, 0.25) is 0 Å². The zero-order chi connectivity index (χ0) is 9.38. The molecule has 3 fully saturated rings. The highest BCUT2D eigenvalue weighted by Gasteiger charge is 2.71. The highest BCUT2D eigenvalue weighted by Crippen LogP contribution is 2.66. The van der Waals surface area contributed by atoms with Crippen molar-refractivity contribution in [2.24, 2.45) is 23.2 Å². The summed E-state index contributed by atoms with van der Waals surface area (Å²) in [6, 6.07) is 0. The second-order valence-corrected chi connectivity index (χ2v) is 5.21. The van der Waals surface area contributed by atoms with Gasteiger partial charge in [0.05, 0.1) is 18.1 Å². The van der Waals surface area contributed by atoms with Crippen molar-refractivity contribution in [3.8, 4) is 0 Å². The minimum Gasteiger partial charge on any atom is -0.481 e. The van der Waals surface area contributed by atoms with E-state index in [1.54, 1.807) is 0 Å². The number of carbonyl (C=O) groups is 1. The summed E-state index contributed by atoms with van der Waals surface area (Å²) in [6.07, 6.45) is 1.76. The first-order valence-corrected chi connectivity index (χ1v) is 4.91. The lowest BCUT2D eigenvalue weighted by Gasteiger charge is -2.33. The molecular formula is C10H14O3. The molecule has 13 heavy (non-hydrogen) atoms. The van der Waals surface area contributed by atoms with E-state index < -0.39 is 5.97 Å².